The smallest absolute Gasteiger partial charge is 0.246 e. The maximum atomic E-state index is 11.6. The molecule has 118 valence electrons. The lowest BCUT2D eigenvalue weighted by Crippen LogP contribution is -2.43. The number of aliphatic hydroxyl groups excluding tert-OH is 1. The van der Waals surface area contributed by atoms with Crippen LogP contribution in [0.5, 0.6) is 0 Å². The zero-order valence-electron chi connectivity index (χ0n) is 12.7. The number of likely N-dealkylation sites (tertiary alicyclic amines) is 1. The Bertz CT molecular complexity index is 556. The highest BCUT2D eigenvalue weighted by Crippen LogP contribution is 2.19. The highest BCUT2D eigenvalue weighted by molar-refractivity contribution is 5.77. The SMILES string of the molecule is COCC(=O)N[C@@H]1CN(Cc2cccc(C#N)c2)C[C@H]1CO. The van der Waals surface area contributed by atoms with Crippen LogP contribution >= 0.6 is 0 Å². The minimum absolute atomic E-state index is 0.0138. The van der Waals surface area contributed by atoms with Gasteiger partial charge in [0.2, 0.25) is 5.91 Å². The first kappa shape index (κ1) is 16.4. The van der Waals surface area contributed by atoms with E-state index in [-0.39, 0.29) is 31.1 Å². The summed E-state index contributed by atoms with van der Waals surface area (Å²) < 4.78 is 4.81. The molecular weight excluding hydrogens is 282 g/mol. The monoisotopic (exact) mass is 303 g/mol. The molecule has 6 nitrogen and oxygen atoms in total. The first-order valence-electron chi connectivity index (χ1n) is 7.26. The Morgan fingerprint density at radius 2 is 2.36 bits per heavy atom. The number of amides is 1. The molecule has 1 fully saturated rings. The molecule has 6 heteroatoms. The maximum absolute atomic E-state index is 11.6. The van der Waals surface area contributed by atoms with Gasteiger partial charge in [0.25, 0.3) is 0 Å². The molecule has 22 heavy (non-hydrogen) atoms. The number of nitrogens with zero attached hydrogens (tertiary/aromatic N) is 2. The van der Waals surface area contributed by atoms with Crippen LogP contribution in [0, 0.1) is 17.2 Å². The zero-order chi connectivity index (χ0) is 15.9. The second-order valence-electron chi connectivity index (χ2n) is 5.56. The summed E-state index contributed by atoms with van der Waals surface area (Å²) in [6.07, 6.45) is 0. The Morgan fingerprint density at radius 1 is 1.55 bits per heavy atom. The fourth-order valence-corrected chi connectivity index (χ4v) is 2.82. The number of carbonyl (C=O) groups excluding carboxylic acids is 1. The van der Waals surface area contributed by atoms with Crippen LogP contribution in [0.2, 0.25) is 0 Å². The van der Waals surface area contributed by atoms with Gasteiger partial charge in [0.05, 0.1) is 11.6 Å². The molecule has 0 spiro atoms. The topological polar surface area (TPSA) is 85.6 Å². The Morgan fingerprint density at radius 3 is 3.05 bits per heavy atom. The van der Waals surface area contributed by atoms with Gasteiger partial charge in [-0.25, -0.2) is 0 Å². The molecule has 1 aliphatic heterocycles. The summed E-state index contributed by atoms with van der Waals surface area (Å²) in [5, 5.41) is 21.3. The molecule has 2 atom stereocenters. The Kier molecular flexibility index (Phi) is 5.90. The van der Waals surface area contributed by atoms with Gasteiger partial charge in [0.15, 0.2) is 0 Å². The third-order valence-corrected chi connectivity index (χ3v) is 3.84. The van der Waals surface area contributed by atoms with E-state index in [9.17, 15) is 9.90 Å². The van der Waals surface area contributed by atoms with Crippen molar-refractivity contribution >= 4 is 5.91 Å². The van der Waals surface area contributed by atoms with E-state index >= 15 is 0 Å². The first-order valence-corrected chi connectivity index (χ1v) is 7.26. The van der Waals surface area contributed by atoms with Crippen molar-refractivity contribution in [3.8, 4) is 6.07 Å². The van der Waals surface area contributed by atoms with Crippen molar-refractivity contribution in [1.82, 2.24) is 10.2 Å². The van der Waals surface area contributed by atoms with Gasteiger partial charge < -0.3 is 15.2 Å². The van der Waals surface area contributed by atoms with E-state index in [0.717, 1.165) is 5.56 Å². The number of hydrogen-bond acceptors (Lipinski definition) is 5. The number of ether oxygens (including phenoxy) is 1. The summed E-state index contributed by atoms with van der Waals surface area (Å²) in [7, 11) is 1.48. The van der Waals surface area contributed by atoms with Crippen LogP contribution in [0.15, 0.2) is 24.3 Å². The van der Waals surface area contributed by atoms with Crippen molar-refractivity contribution in [2.24, 2.45) is 5.92 Å². The number of nitriles is 1. The van der Waals surface area contributed by atoms with Crippen molar-refractivity contribution in [2.75, 3.05) is 33.4 Å². The second-order valence-corrected chi connectivity index (χ2v) is 5.56. The lowest BCUT2D eigenvalue weighted by Gasteiger charge is -2.18. The Labute approximate surface area is 130 Å². The molecule has 0 bridgehead atoms. The number of hydrogen-bond donors (Lipinski definition) is 2. The number of methoxy groups -OCH3 is 1. The molecule has 2 rings (SSSR count). The molecule has 0 unspecified atom stereocenters. The van der Waals surface area contributed by atoms with E-state index in [1.54, 1.807) is 6.07 Å². The van der Waals surface area contributed by atoms with E-state index in [0.29, 0.717) is 25.2 Å². The third-order valence-electron chi connectivity index (χ3n) is 3.84. The molecule has 0 radical (unpaired) electrons. The molecule has 0 aliphatic carbocycles. The average molecular weight is 303 g/mol. The highest BCUT2D eigenvalue weighted by atomic mass is 16.5. The van der Waals surface area contributed by atoms with Crippen LogP contribution in [0.1, 0.15) is 11.1 Å². The molecule has 1 saturated heterocycles. The predicted octanol–water partition coefficient (Wildman–Crippen LogP) is 0.114. The summed E-state index contributed by atoms with van der Waals surface area (Å²) in [6, 6.07) is 9.54. The van der Waals surface area contributed by atoms with Gasteiger partial charge in [0, 0.05) is 45.3 Å². The highest BCUT2D eigenvalue weighted by Gasteiger charge is 2.33. The predicted molar refractivity (Wildman–Crippen MR) is 80.8 cm³/mol. The molecule has 0 saturated carbocycles. The fourth-order valence-electron chi connectivity index (χ4n) is 2.82. The number of carbonyl (C=O) groups is 1. The van der Waals surface area contributed by atoms with Crippen LogP contribution in [0.25, 0.3) is 0 Å². The normalized spacial score (nSPS) is 21.5. The van der Waals surface area contributed by atoms with Crippen LogP contribution in [-0.4, -0.2) is 55.4 Å². The largest absolute Gasteiger partial charge is 0.396 e. The molecule has 1 aromatic rings. The zero-order valence-corrected chi connectivity index (χ0v) is 12.7. The number of nitrogens with one attached hydrogen (secondary N) is 1. The molecule has 1 aliphatic rings. The van der Waals surface area contributed by atoms with E-state index < -0.39 is 0 Å². The number of benzene rings is 1. The number of aliphatic hydroxyl groups is 1. The van der Waals surface area contributed by atoms with E-state index in [4.69, 9.17) is 10.00 Å². The average Bonchev–Trinajstić information content (AvgIpc) is 2.89. The van der Waals surface area contributed by atoms with Crippen molar-refractivity contribution in [3.05, 3.63) is 35.4 Å². The summed E-state index contributed by atoms with van der Waals surface area (Å²) in [5.74, 6) is -0.153. The summed E-state index contributed by atoms with van der Waals surface area (Å²) in [6.45, 7) is 2.15. The molecule has 2 N–H and O–H groups in total. The quantitative estimate of drug-likeness (QED) is 0.779. The summed E-state index contributed by atoms with van der Waals surface area (Å²) in [5.41, 5.74) is 1.69. The van der Waals surface area contributed by atoms with E-state index in [1.807, 2.05) is 18.2 Å². The Balaban J connectivity index is 1.96. The van der Waals surface area contributed by atoms with Crippen molar-refractivity contribution < 1.29 is 14.6 Å². The molecule has 1 amide bonds. The van der Waals surface area contributed by atoms with Crippen LogP contribution in [0.3, 0.4) is 0 Å². The molecular formula is C16H21N3O3. The van der Waals surface area contributed by atoms with Gasteiger partial charge in [0.1, 0.15) is 6.61 Å². The minimum atomic E-state index is -0.167. The molecule has 0 aromatic heterocycles. The molecule has 1 heterocycles. The van der Waals surface area contributed by atoms with Gasteiger partial charge >= 0.3 is 0 Å². The van der Waals surface area contributed by atoms with E-state index in [1.165, 1.54) is 7.11 Å². The van der Waals surface area contributed by atoms with Crippen molar-refractivity contribution in [1.29, 1.82) is 5.26 Å². The van der Waals surface area contributed by atoms with Gasteiger partial charge in [-0.3, -0.25) is 9.69 Å². The van der Waals surface area contributed by atoms with Gasteiger partial charge in [-0.15, -0.1) is 0 Å². The van der Waals surface area contributed by atoms with Crippen molar-refractivity contribution in [2.45, 2.75) is 12.6 Å². The van der Waals surface area contributed by atoms with Gasteiger partial charge in [-0.2, -0.15) is 5.26 Å². The van der Waals surface area contributed by atoms with Crippen LogP contribution in [-0.2, 0) is 16.1 Å². The second kappa shape index (κ2) is 7.90. The van der Waals surface area contributed by atoms with Gasteiger partial charge in [-0.05, 0) is 17.7 Å². The number of rotatable bonds is 6. The van der Waals surface area contributed by atoms with Gasteiger partial charge in [-0.1, -0.05) is 12.1 Å². The Hall–Kier alpha value is -1.94. The lowest BCUT2D eigenvalue weighted by atomic mass is 10.1. The minimum Gasteiger partial charge on any atom is -0.396 e. The van der Waals surface area contributed by atoms with Crippen LogP contribution < -0.4 is 5.32 Å². The maximum Gasteiger partial charge on any atom is 0.246 e. The third kappa shape index (κ3) is 4.28. The van der Waals surface area contributed by atoms with Crippen LogP contribution in [0.4, 0.5) is 0 Å². The lowest BCUT2D eigenvalue weighted by molar-refractivity contribution is -0.125. The van der Waals surface area contributed by atoms with E-state index in [2.05, 4.69) is 16.3 Å². The summed E-state index contributed by atoms with van der Waals surface area (Å²) in [4.78, 5) is 13.8. The standard InChI is InChI=1S/C16H21N3O3/c1-22-11-16(21)18-15-9-19(8-14(15)10-20)7-13-4-2-3-12(5-13)6-17/h2-5,14-15,20H,7-11H2,1H3,(H,18,21)/t14-,15+/m0/s1. The van der Waals surface area contributed by atoms with Crippen molar-refractivity contribution in [3.63, 3.8) is 0 Å². The molecule has 1 aromatic carbocycles. The first-order chi connectivity index (χ1) is 10.7. The summed E-state index contributed by atoms with van der Waals surface area (Å²) >= 11 is 0. The fraction of sp³-hybridized carbons (Fsp3) is 0.500.